The number of aryl methyl sites for hydroxylation is 1. The van der Waals surface area contributed by atoms with E-state index >= 15 is 0 Å². The van der Waals surface area contributed by atoms with Gasteiger partial charge in [-0.25, -0.2) is 13.1 Å². The normalized spacial score (nSPS) is 12.9. The number of sulfonamides is 1. The fourth-order valence-electron chi connectivity index (χ4n) is 1.70. The Hall–Kier alpha value is 0.570. The minimum atomic E-state index is -3.41. The summed E-state index contributed by atoms with van der Waals surface area (Å²) in [7, 11) is -3.41. The summed E-state index contributed by atoms with van der Waals surface area (Å²) < 4.78 is 28.1. The fraction of sp³-hybridized carbons (Fsp3) is 0.667. The lowest BCUT2D eigenvalue weighted by molar-refractivity contribution is 0.332. The molecule has 1 rings (SSSR count). The van der Waals surface area contributed by atoms with Gasteiger partial charge in [0.15, 0.2) is 0 Å². The van der Waals surface area contributed by atoms with Crippen LogP contribution in [0, 0.1) is 12.3 Å². The van der Waals surface area contributed by atoms with Crippen LogP contribution in [0.2, 0.25) is 0 Å². The summed E-state index contributed by atoms with van der Waals surface area (Å²) in [4.78, 5) is 1.18. The summed E-state index contributed by atoms with van der Waals surface area (Å²) in [6.45, 7) is 6.43. The molecular formula is C12H19Br2NO2S2. The molecule has 0 spiro atoms. The molecule has 0 saturated heterocycles. The number of nitrogens with one attached hydrogen (secondary N) is 1. The summed E-state index contributed by atoms with van der Waals surface area (Å²) in [6.07, 6.45) is 2.02. The summed E-state index contributed by atoms with van der Waals surface area (Å²) in [5.41, 5.74) is -0.0397. The molecule has 1 aromatic heterocycles. The van der Waals surface area contributed by atoms with Crippen molar-refractivity contribution in [2.75, 3.05) is 11.9 Å². The van der Waals surface area contributed by atoms with E-state index < -0.39 is 10.0 Å². The maximum atomic E-state index is 12.3. The topological polar surface area (TPSA) is 46.2 Å². The predicted molar refractivity (Wildman–Crippen MR) is 88.8 cm³/mol. The molecule has 0 aromatic carbocycles. The van der Waals surface area contributed by atoms with Gasteiger partial charge in [0.05, 0.1) is 8.68 Å². The first-order valence-electron chi connectivity index (χ1n) is 5.99. The average molecular weight is 433 g/mol. The molecule has 7 heteroatoms. The van der Waals surface area contributed by atoms with Gasteiger partial charge in [0.25, 0.3) is 0 Å². The molecule has 1 aromatic rings. The lowest BCUT2D eigenvalue weighted by Gasteiger charge is -2.24. The molecule has 1 N–H and O–H groups in total. The minimum Gasteiger partial charge on any atom is -0.211 e. The molecule has 0 aliphatic heterocycles. The quantitative estimate of drug-likeness (QED) is 0.652. The molecular weight excluding hydrogens is 414 g/mol. The van der Waals surface area contributed by atoms with E-state index in [0.717, 1.165) is 26.8 Å². The van der Waals surface area contributed by atoms with Gasteiger partial charge in [-0.1, -0.05) is 29.8 Å². The Labute approximate surface area is 136 Å². The molecule has 110 valence electrons. The summed E-state index contributed by atoms with van der Waals surface area (Å²) >= 11 is 8.16. The van der Waals surface area contributed by atoms with Crippen molar-refractivity contribution >= 4 is 53.2 Å². The zero-order valence-corrected chi connectivity index (χ0v) is 16.1. The van der Waals surface area contributed by atoms with Gasteiger partial charge in [-0.2, -0.15) is 0 Å². The molecule has 1 heterocycles. The van der Waals surface area contributed by atoms with Crippen molar-refractivity contribution in [3.63, 3.8) is 0 Å². The molecule has 0 unspecified atom stereocenters. The lowest BCUT2D eigenvalue weighted by Crippen LogP contribution is -2.34. The van der Waals surface area contributed by atoms with Crippen molar-refractivity contribution in [3.8, 4) is 0 Å². The van der Waals surface area contributed by atoms with Crippen molar-refractivity contribution in [1.29, 1.82) is 0 Å². The van der Waals surface area contributed by atoms with Crippen LogP contribution in [-0.4, -0.2) is 20.3 Å². The monoisotopic (exact) mass is 431 g/mol. The largest absolute Gasteiger partial charge is 0.241 e. The van der Waals surface area contributed by atoms with Crippen LogP contribution >= 0.6 is 43.2 Å². The highest BCUT2D eigenvalue weighted by atomic mass is 79.9. The van der Waals surface area contributed by atoms with Gasteiger partial charge in [0, 0.05) is 16.8 Å². The van der Waals surface area contributed by atoms with Crippen molar-refractivity contribution in [2.24, 2.45) is 5.41 Å². The smallest absolute Gasteiger partial charge is 0.211 e. The molecule has 0 fully saturated rings. The third-order valence-corrected chi connectivity index (χ3v) is 6.63. The second-order valence-corrected chi connectivity index (χ2v) is 10.4. The van der Waals surface area contributed by atoms with E-state index in [2.05, 4.69) is 50.4 Å². The van der Waals surface area contributed by atoms with Crippen molar-refractivity contribution < 1.29 is 8.42 Å². The molecule has 0 bridgehead atoms. The number of rotatable bonds is 7. The highest BCUT2D eigenvalue weighted by Crippen LogP contribution is 2.30. The molecule has 0 amide bonds. The van der Waals surface area contributed by atoms with Crippen LogP contribution in [-0.2, 0) is 10.0 Å². The van der Waals surface area contributed by atoms with Gasteiger partial charge in [-0.05, 0) is 47.2 Å². The first-order valence-corrected chi connectivity index (χ1v) is 10.2. The highest BCUT2D eigenvalue weighted by Gasteiger charge is 2.24. The van der Waals surface area contributed by atoms with E-state index in [4.69, 9.17) is 0 Å². The Balaban J connectivity index is 2.73. The first kappa shape index (κ1) is 17.6. The van der Waals surface area contributed by atoms with Crippen LogP contribution in [0.4, 0.5) is 0 Å². The Bertz CT molecular complexity index is 524. The predicted octanol–water partition coefficient (Wildman–Crippen LogP) is 4.30. The molecule has 0 saturated carbocycles. The van der Waals surface area contributed by atoms with Crippen LogP contribution < -0.4 is 4.72 Å². The number of hydrogen-bond acceptors (Lipinski definition) is 3. The Kier molecular flexibility index (Phi) is 6.51. The highest BCUT2D eigenvalue weighted by molar-refractivity contribution is 9.11. The molecule has 0 atom stereocenters. The van der Waals surface area contributed by atoms with Gasteiger partial charge >= 0.3 is 0 Å². The summed E-state index contributed by atoms with van der Waals surface area (Å²) in [5.74, 6) is 0. The van der Waals surface area contributed by atoms with Crippen molar-refractivity contribution in [3.05, 3.63) is 14.7 Å². The molecule has 19 heavy (non-hydrogen) atoms. The van der Waals surface area contributed by atoms with Crippen LogP contribution in [0.15, 0.2) is 14.7 Å². The Morgan fingerprint density at radius 2 is 2.05 bits per heavy atom. The number of thiophene rings is 1. The van der Waals surface area contributed by atoms with E-state index in [9.17, 15) is 8.42 Å². The van der Waals surface area contributed by atoms with Gasteiger partial charge in [-0.3, -0.25) is 0 Å². The van der Waals surface area contributed by atoms with Crippen molar-refractivity contribution in [2.45, 2.75) is 38.5 Å². The summed E-state index contributed by atoms with van der Waals surface area (Å²) in [6, 6.07) is 1.66. The third-order valence-electron chi connectivity index (χ3n) is 2.86. The van der Waals surface area contributed by atoms with Crippen LogP contribution in [0.5, 0.6) is 0 Å². The zero-order valence-electron chi connectivity index (χ0n) is 11.3. The molecule has 0 radical (unpaired) electrons. The fourth-order valence-corrected chi connectivity index (χ4v) is 5.63. The van der Waals surface area contributed by atoms with Crippen LogP contribution in [0.25, 0.3) is 0 Å². The second kappa shape index (κ2) is 7.02. The Morgan fingerprint density at radius 1 is 1.42 bits per heavy atom. The standard InChI is InChI=1S/C12H19Br2NO2S2/c1-9-10(7-11(14)18-9)19(16,17)15-8-12(2,3)5-4-6-13/h7,15H,4-6,8H2,1-3H3. The molecule has 3 nitrogen and oxygen atoms in total. The lowest BCUT2D eigenvalue weighted by atomic mass is 9.88. The SMILES string of the molecule is Cc1sc(Br)cc1S(=O)(=O)NCC(C)(C)CCCBr. The third kappa shape index (κ3) is 5.46. The number of halogens is 2. The van der Waals surface area contributed by atoms with Crippen LogP contribution in [0.3, 0.4) is 0 Å². The van der Waals surface area contributed by atoms with Crippen molar-refractivity contribution in [1.82, 2.24) is 4.72 Å². The van der Waals surface area contributed by atoms with E-state index in [-0.39, 0.29) is 5.41 Å². The maximum Gasteiger partial charge on any atom is 0.241 e. The number of alkyl halides is 1. The van der Waals surface area contributed by atoms with Crippen LogP contribution in [0.1, 0.15) is 31.6 Å². The van der Waals surface area contributed by atoms with Gasteiger partial charge in [0.2, 0.25) is 10.0 Å². The van der Waals surface area contributed by atoms with E-state index in [0.29, 0.717) is 11.4 Å². The van der Waals surface area contributed by atoms with Gasteiger partial charge < -0.3 is 0 Å². The minimum absolute atomic E-state index is 0.0397. The molecule has 0 aliphatic rings. The molecule has 0 aliphatic carbocycles. The summed E-state index contributed by atoms with van der Waals surface area (Å²) in [5, 5.41) is 0.944. The van der Waals surface area contributed by atoms with E-state index in [1.54, 1.807) is 6.07 Å². The van der Waals surface area contributed by atoms with E-state index in [1.807, 2.05) is 6.92 Å². The first-order chi connectivity index (χ1) is 8.68. The zero-order chi connectivity index (χ0) is 14.7. The van der Waals surface area contributed by atoms with E-state index in [1.165, 1.54) is 11.3 Å². The number of hydrogen-bond donors (Lipinski definition) is 1. The average Bonchev–Trinajstić information content (AvgIpc) is 2.65. The maximum absolute atomic E-state index is 12.3. The van der Waals surface area contributed by atoms with Gasteiger partial charge in [0.1, 0.15) is 0 Å². The second-order valence-electron chi connectivity index (χ2n) is 5.25. The van der Waals surface area contributed by atoms with Gasteiger partial charge in [-0.15, -0.1) is 11.3 Å². The Morgan fingerprint density at radius 3 is 2.53 bits per heavy atom.